The maximum Gasteiger partial charge on any atom is 0.339 e. The Labute approximate surface area is 120 Å². The number of nitriles is 1. The van der Waals surface area contributed by atoms with E-state index in [0.717, 1.165) is 5.56 Å². The molecule has 20 heavy (non-hydrogen) atoms. The van der Waals surface area contributed by atoms with Crippen LogP contribution in [-0.4, -0.2) is 11.1 Å². The first kappa shape index (κ1) is 13.9. The van der Waals surface area contributed by atoms with Gasteiger partial charge in [-0.2, -0.15) is 5.26 Å². The zero-order valence-corrected chi connectivity index (χ0v) is 11.1. The molecular weight excluding hydrogens is 278 g/mol. The molecule has 100 valence electrons. The highest BCUT2D eigenvalue weighted by Crippen LogP contribution is 2.24. The molecule has 0 radical (unpaired) electrons. The summed E-state index contributed by atoms with van der Waals surface area (Å²) >= 11 is 5.76. The summed E-state index contributed by atoms with van der Waals surface area (Å²) in [6.45, 7) is 0.178. The van der Waals surface area contributed by atoms with Crippen LogP contribution in [0.5, 0.6) is 5.75 Å². The third kappa shape index (κ3) is 3.28. The monoisotopic (exact) mass is 287 g/mol. The smallest absolute Gasteiger partial charge is 0.339 e. The average molecular weight is 288 g/mol. The second-order valence-corrected chi connectivity index (χ2v) is 4.48. The third-order valence-corrected chi connectivity index (χ3v) is 2.86. The van der Waals surface area contributed by atoms with Gasteiger partial charge >= 0.3 is 5.97 Å². The van der Waals surface area contributed by atoms with Crippen molar-refractivity contribution >= 4 is 17.6 Å². The van der Waals surface area contributed by atoms with Crippen molar-refractivity contribution < 1.29 is 14.6 Å². The van der Waals surface area contributed by atoms with Gasteiger partial charge in [-0.15, -0.1) is 0 Å². The highest BCUT2D eigenvalue weighted by Gasteiger charge is 2.12. The molecule has 2 rings (SSSR count). The van der Waals surface area contributed by atoms with Crippen molar-refractivity contribution in [2.45, 2.75) is 6.61 Å². The van der Waals surface area contributed by atoms with E-state index in [1.54, 1.807) is 30.3 Å². The Morgan fingerprint density at radius 2 is 2.10 bits per heavy atom. The number of benzene rings is 2. The van der Waals surface area contributed by atoms with Gasteiger partial charge in [0.1, 0.15) is 17.9 Å². The molecule has 5 heteroatoms. The first-order valence-electron chi connectivity index (χ1n) is 5.75. The van der Waals surface area contributed by atoms with Crippen molar-refractivity contribution in [2.75, 3.05) is 0 Å². The van der Waals surface area contributed by atoms with E-state index in [-0.39, 0.29) is 17.9 Å². The normalized spacial score (nSPS) is 9.80. The van der Waals surface area contributed by atoms with Gasteiger partial charge in [0, 0.05) is 5.02 Å². The average Bonchev–Trinajstić information content (AvgIpc) is 2.46. The Balaban J connectivity index is 2.19. The van der Waals surface area contributed by atoms with Gasteiger partial charge in [0.15, 0.2) is 0 Å². The summed E-state index contributed by atoms with van der Waals surface area (Å²) in [5, 5.41) is 18.2. The summed E-state index contributed by atoms with van der Waals surface area (Å²) in [5.41, 5.74) is 1.32. The molecule has 0 aliphatic rings. The summed E-state index contributed by atoms with van der Waals surface area (Å²) in [4.78, 5) is 11.1. The highest BCUT2D eigenvalue weighted by atomic mass is 35.5. The molecule has 0 saturated heterocycles. The molecule has 0 spiro atoms. The quantitative estimate of drug-likeness (QED) is 0.934. The van der Waals surface area contributed by atoms with Gasteiger partial charge in [-0.25, -0.2) is 4.79 Å². The largest absolute Gasteiger partial charge is 0.488 e. The number of hydrogen-bond donors (Lipinski definition) is 1. The number of carboxylic acids is 1. The van der Waals surface area contributed by atoms with Crippen LogP contribution in [0.15, 0.2) is 42.5 Å². The van der Waals surface area contributed by atoms with Crippen molar-refractivity contribution in [3.05, 3.63) is 64.2 Å². The second kappa shape index (κ2) is 6.09. The van der Waals surface area contributed by atoms with Crippen molar-refractivity contribution in [1.29, 1.82) is 5.26 Å². The molecule has 0 saturated carbocycles. The molecule has 1 N–H and O–H groups in total. The van der Waals surface area contributed by atoms with Gasteiger partial charge in [-0.05, 0) is 35.9 Å². The van der Waals surface area contributed by atoms with Gasteiger partial charge in [0.25, 0.3) is 0 Å². The Bertz CT molecular complexity index is 692. The van der Waals surface area contributed by atoms with E-state index >= 15 is 0 Å². The lowest BCUT2D eigenvalue weighted by Crippen LogP contribution is -2.03. The minimum atomic E-state index is -1.10. The SMILES string of the molecule is N#Cc1cccc(COc2ccc(Cl)cc2C(=O)O)c1. The Kier molecular flexibility index (Phi) is 4.24. The molecule has 2 aromatic rings. The van der Waals surface area contributed by atoms with Crippen LogP contribution in [0.3, 0.4) is 0 Å². The van der Waals surface area contributed by atoms with Gasteiger partial charge in [0.2, 0.25) is 0 Å². The molecule has 0 amide bonds. The summed E-state index contributed by atoms with van der Waals surface area (Å²) < 4.78 is 5.49. The predicted octanol–water partition coefficient (Wildman–Crippen LogP) is 3.49. The lowest BCUT2D eigenvalue weighted by atomic mass is 10.1. The number of hydrogen-bond acceptors (Lipinski definition) is 3. The van der Waals surface area contributed by atoms with E-state index in [4.69, 9.17) is 26.7 Å². The lowest BCUT2D eigenvalue weighted by Gasteiger charge is -2.09. The van der Waals surface area contributed by atoms with Crippen molar-refractivity contribution in [3.8, 4) is 11.8 Å². The van der Waals surface area contributed by atoms with E-state index in [1.165, 1.54) is 12.1 Å². The van der Waals surface area contributed by atoms with Crippen LogP contribution >= 0.6 is 11.6 Å². The van der Waals surface area contributed by atoms with Crippen LogP contribution in [0.1, 0.15) is 21.5 Å². The van der Waals surface area contributed by atoms with Crippen LogP contribution < -0.4 is 4.74 Å². The summed E-state index contributed by atoms with van der Waals surface area (Å²) in [6.07, 6.45) is 0. The van der Waals surface area contributed by atoms with Crippen LogP contribution in [0.4, 0.5) is 0 Å². The topological polar surface area (TPSA) is 70.3 Å². The van der Waals surface area contributed by atoms with Gasteiger partial charge < -0.3 is 9.84 Å². The molecule has 0 aromatic heterocycles. The summed E-state index contributed by atoms with van der Waals surface area (Å²) in [6, 6.07) is 13.4. The maximum absolute atomic E-state index is 11.1. The molecule has 4 nitrogen and oxygen atoms in total. The molecule has 0 fully saturated rings. The van der Waals surface area contributed by atoms with E-state index in [1.807, 2.05) is 6.07 Å². The molecule has 0 heterocycles. The number of aromatic carboxylic acids is 1. The second-order valence-electron chi connectivity index (χ2n) is 4.05. The summed E-state index contributed by atoms with van der Waals surface area (Å²) in [5.74, 6) is -0.863. The van der Waals surface area contributed by atoms with Crippen molar-refractivity contribution in [2.24, 2.45) is 0 Å². The zero-order valence-electron chi connectivity index (χ0n) is 10.3. The Hall–Kier alpha value is -2.51. The van der Waals surface area contributed by atoms with Crippen LogP contribution in [0.2, 0.25) is 5.02 Å². The standard InChI is InChI=1S/C15H10ClNO3/c16-12-4-5-14(13(7-12)15(18)19)20-9-11-3-1-2-10(6-11)8-17/h1-7H,9H2,(H,18,19). The Morgan fingerprint density at radius 1 is 1.30 bits per heavy atom. The van der Waals surface area contributed by atoms with Gasteiger partial charge in [-0.1, -0.05) is 23.7 Å². The molecular formula is C15H10ClNO3. The van der Waals surface area contributed by atoms with Crippen LogP contribution in [-0.2, 0) is 6.61 Å². The van der Waals surface area contributed by atoms with Crippen molar-refractivity contribution in [3.63, 3.8) is 0 Å². The highest BCUT2D eigenvalue weighted by molar-refractivity contribution is 6.31. The molecule has 0 bridgehead atoms. The third-order valence-electron chi connectivity index (χ3n) is 2.62. The molecule has 0 unspecified atom stereocenters. The zero-order chi connectivity index (χ0) is 14.5. The lowest BCUT2D eigenvalue weighted by molar-refractivity contribution is 0.0691. The van der Waals surface area contributed by atoms with E-state index < -0.39 is 5.97 Å². The fourth-order valence-corrected chi connectivity index (χ4v) is 1.86. The minimum Gasteiger partial charge on any atom is -0.488 e. The molecule has 0 atom stereocenters. The van der Waals surface area contributed by atoms with E-state index in [0.29, 0.717) is 10.6 Å². The predicted molar refractivity (Wildman–Crippen MR) is 73.9 cm³/mol. The summed E-state index contributed by atoms with van der Waals surface area (Å²) in [7, 11) is 0. The van der Waals surface area contributed by atoms with E-state index in [9.17, 15) is 4.79 Å². The minimum absolute atomic E-state index is 0.00828. The number of rotatable bonds is 4. The molecule has 2 aromatic carbocycles. The first-order valence-corrected chi connectivity index (χ1v) is 6.12. The number of carboxylic acid groups (broad SMARTS) is 1. The fourth-order valence-electron chi connectivity index (χ4n) is 1.69. The van der Waals surface area contributed by atoms with Crippen LogP contribution in [0, 0.1) is 11.3 Å². The van der Waals surface area contributed by atoms with E-state index in [2.05, 4.69) is 0 Å². The van der Waals surface area contributed by atoms with Gasteiger partial charge in [0.05, 0.1) is 11.6 Å². The first-order chi connectivity index (χ1) is 9.60. The number of ether oxygens (including phenoxy) is 1. The molecule has 0 aliphatic carbocycles. The Morgan fingerprint density at radius 3 is 2.80 bits per heavy atom. The maximum atomic E-state index is 11.1. The number of carbonyl (C=O) groups is 1. The van der Waals surface area contributed by atoms with Crippen molar-refractivity contribution in [1.82, 2.24) is 0 Å². The van der Waals surface area contributed by atoms with Gasteiger partial charge in [-0.3, -0.25) is 0 Å². The molecule has 0 aliphatic heterocycles. The number of nitrogens with zero attached hydrogens (tertiary/aromatic N) is 1. The van der Waals surface area contributed by atoms with Crippen LogP contribution in [0.25, 0.3) is 0 Å². The number of halogens is 1. The fraction of sp³-hybridized carbons (Fsp3) is 0.0667.